The summed E-state index contributed by atoms with van der Waals surface area (Å²) in [6, 6.07) is 0. The number of carbonyl (C=O) groups is 2. The van der Waals surface area contributed by atoms with Gasteiger partial charge in [0.1, 0.15) is 0 Å². The van der Waals surface area contributed by atoms with Crippen molar-refractivity contribution in [2.45, 2.75) is 89.4 Å². The fourth-order valence-electron chi connectivity index (χ4n) is 2.30. The van der Waals surface area contributed by atoms with Crippen LogP contribution >= 0.6 is 0 Å². The van der Waals surface area contributed by atoms with Crippen LogP contribution in [0, 0.1) is 0 Å². The third-order valence-corrected chi connectivity index (χ3v) is 4.68. The van der Waals surface area contributed by atoms with Crippen LogP contribution in [0.4, 0.5) is 0 Å². The Morgan fingerprint density at radius 3 is 1.88 bits per heavy atom. The normalized spacial score (nSPS) is 12.8. The van der Waals surface area contributed by atoms with Crippen LogP contribution in [0.25, 0.3) is 0 Å². The minimum Gasteiger partial charge on any atom is -0.481 e. The van der Waals surface area contributed by atoms with Crippen LogP contribution in [0.15, 0.2) is 0 Å². The van der Waals surface area contributed by atoms with E-state index < -0.39 is 40.3 Å². The number of aliphatic carboxylic acids is 1. The smallest absolute Gasteiger partial charge is 0.307 e. The Kier molecular flexibility index (Phi) is 12.5. The van der Waals surface area contributed by atoms with E-state index in [-0.39, 0.29) is 6.42 Å². The highest BCUT2D eigenvalue weighted by molar-refractivity contribution is 7.86. The van der Waals surface area contributed by atoms with Crippen LogP contribution in [0.1, 0.15) is 84.0 Å². The average molecular weight is 366 g/mol. The molecule has 1 unspecified atom stereocenters. The first-order valence-corrected chi connectivity index (χ1v) is 10.1. The summed E-state index contributed by atoms with van der Waals surface area (Å²) in [7, 11) is -4.50. The van der Waals surface area contributed by atoms with Crippen molar-refractivity contribution < 1.29 is 32.4 Å². The number of esters is 1. The van der Waals surface area contributed by atoms with E-state index in [1.807, 2.05) is 0 Å². The predicted molar refractivity (Wildman–Crippen MR) is 90.1 cm³/mol. The van der Waals surface area contributed by atoms with Crippen LogP contribution in [-0.2, 0) is 24.4 Å². The Balaban J connectivity index is 3.97. The molecule has 0 aliphatic heterocycles. The Morgan fingerprint density at radius 2 is 1.42 bits per heavy atom. The number of unbranched alkanes of at least 4 members (excludes halogenated alkanes) is 8. The molecule has 0 aromatic carbocycles. The lowest BCUT2D eigenvalue weighted by Crippen LogP contribution is -2.27. The second-order valence-corrected chi connectivity index (χ2v) is 7.50. The fourth-order valence-corrected chi connectivity index (χ4v) is 3.00. The molecule has 7 nitrogen and oxygen atoms in total. The summed E-state index contributed by atoms with van der Waals surface area (Å²) in [6.45, 7) is 2.17. The summed E-state index contributed by atoms with van der Waals surface area (Å²) in [5, 5.41) is 8.47. The Morgan fingerprint density at radius 1 is 0.917 bits per heavy atom. The molecule has 0 aromatic rings. The van der Waals surface area contributed by atoms with Gasteiger partial charge in [-0.15, -0.1) is 0 Å². The molecule has 24 heavy (non-hydrogen) atoms. The quantitative estimate of drug-likeness (QED) is 0.258. The number of rotatable bonds is 15. The van der Waals surface area contributed by atoms with E-state index in [0.717, 1.165) is 25.7 Å². The van der Waals surface area contributed by atoms with Crippen LogP contribution in [-0.4, -0.2) is 35.5 Å². The summed E-state index contributed by atoms with van der Waals surface area (Å²) >= 11 is 0. The Hall–Kier alpha value is -1.15. The van der Waals surface area contributed by atoms with Gasteiger partial charge >= 0.3 is 22.1 Å². The molecule has 0 saturated carbocycles. The Labute approximate surface area is 144 Å². The molecule has 0 saturated heterocycles. The molecule has 0 aromatic heterocycles. The van der Waals surface area contributed by atoms with Gasteiger partial charge in [-0.05, 0) is 6.42 Å². The molecule has 0 bridgehead atoms. The topological polar surface area (TPSA) is 118 Å². The average Bonchev–Trinajstić information content (AvgIpc) is 2.49. The zero-order chi connectivity index (χ0) is 18.4. The molecule has 0 amide bonds. The lowest BCUT2D eigenvalue weighted by Gasteiger charge is -2.14. The zero-order valence-corrected chi connectivity index (χ0v) is 15.2. The van der Waals surface area contributed by atoms with Crippen LogP contribution in [0.5, 0.6) is 0 Å². The van der Waals surface area contributed by atoms with Crippen molar-refractivity contribution in [2.24, 2.45) is 0 Å². The van der Waals surface area contributed by atoms with Crippen molar-refractivity contribution in [1.29, 1.82) is 0 Å². The standard InChI is InChI=1S/C16H30O7S/c1-2-3-4-5-6-7-8-9-10-11-16(24(20,21)22)23-15(19)13-12-14(17)18/h16H,2-13H2,1H3,(H,17,18)(H,20,21,22). The van der Waals surface area contributed by atoms with E-state index in [0.29, 0.717) is 6.42 Å². The van der Waals surface area contributed by atoms with Crippen LogP contribution in [0.3, 0.4) is 0 Å². The second kappa shape index (κ2) is 13.2. The van der Waals surface area contributed by atoms with Gasteiger partial charge in [0.25, 0.3) is 0 Å². The van der Waals surface area contributed by atoms with Crippen LogP contribution < -0.4 is 0 Å². The van der Waals surface area contributed by atoms with Gasteiger partial charge in [-0.25, -0.2) is 0 Å². The van der Waals surface area contributed by atoms with Gasteiger partial charge in [-0.2, -0.15) is 8.42 Å². The van der Waals surface area contributed by atoms with Gasteiger partial charge in [0.05, 0.1) is 12.8 Å². The van der Waals surface area contributed by atoms with E-state index in [1.165, 1.54) is 25.7 Å². The van der Waals surface area contributed by atoms with Crippen molar-refractivity contribution in [2.75, 3.05) is 0 Å². The zero-order valence-electron chi connectivity index (χ0n) is 14.4. The summed E-state index contributed by atoms with van der Waals surface area (Å²) < 4.78 is 36.3. The maximum absolute atomic E-state index is 11.4. The summed E-state index contributed by atoms with van der Waals surface area (Å²) in [6.07, 6.45) is 8.61. The Bertz CT molecular complexity index is 459. The van der Waals surface area contributed by atoms with Crippen molar-refractivity contribution in [3.63, 3.8) is 0 Å². The van der Waals surface area contributed by atoms with Gasteiger partial charge in [0, 0.05) is 6.42 Å². The highest BCUT2D eigenvalue weighted by atomic mass is 32.2. The minimum atomic E-state index is -4.50. The van der Waals surface area contributed by atoms with Gasteiger partial charge in [-0.1, -0.05) is 58.3 Å². The molecular formula is C16H30O7S. The first kappa shape index (κ1) is 22.9. The molecule has 8 heteroatoms. The number of carboxylic acid groups (broad SMARTS) is 1. The number of hydrogen-bond donors (Lipinski definition) is 2. The van der Waals surface area contributed by atoms with E-state index >= 15 is 0 Å². The van der Waals surface area contributed by atoms with Crippen molar-refractivity contribution >= 4 is 22.1 Å². The minimum absolute atomic E-state index is 0.0213. The van der Waals surface area contributed by atoms with E-state index in [9.17, 15) is 18.0 Å². The molecule has 0 aliphatic carbocycles. The molecule has 0 aliphatic rings. The molecule has 0 radical (unpaired) electrons. The monoisotopic (exact) mass is 366 g/mol. The molecule has 142 valence electrons. The van der Waals surface area contributed by atoms with Gasteiger partial charge < -0.3 is 9.84 Å². The number of carboxylic acids is 1. The summed E-state index contributed by atoms with van der Waals surface area (Å²) in [5.41, 5.74) is -1.61. The maximum atomic E-state index is 11.4. The predicted octanol–water partition coefficient (Wildman–Crippen LogP) is 3.53. The lowest BCUT2D eigenvalue weighted by atomic mass is 10.1. The molecule has 0 spiro atoms. The van der Waals surface area contributed by atoms with E-state index in [2.05, 4.69) is 6.92 Å². The van der Waals surface area contributed by atoms with Crippen molar-refractivity contribution in [3.8, 4) is 0 Å². The van der Waals surface area contributed by atoms with Crippen molar-refractivity contribution in [1.82, 2.24) is 0 Å². The third kappa shape index (κ3) is 13.3. The van der Waals surface area contributed by atoms with Gasteiger partial charge in [-0.3, -0.25) is 14.1 Å². The van der Waals surface area contributed by atoms with Crippen molar-refractivity contribution in [3.05, 3.63) is 0 Å². The van der Waals surface area contributed by atoms with Gasteiger partial charge in [0.15, 0.2) is 0 Å². The highest BCUT2D eigenvalue weighted by Gasteiger charge is 2.26. The number of hydrogen-bond acceptors (Lipinski definition) is 5. The molecule has 0 rings (SSSR count). The molecule has 1 atom stereocenters. The van der Waals surface area contributed by atoms with Crippen LogP contribution in [0.2, 0.25) is 0 Å². The number of ether oxygens (including phenoxy) is 1. The van der Waals surface area contributed by atoms with Gasteiger partial charge in [0.2, 0.25) is 5.44 Å². The SMILES string of the molecule is CCCCCCCCCCCC(OC(=O)CCC(=O)O)S(=O)(=O)O. The molecule has 2 N–H and O–H groups in total. The maximum Gasteiger partial charge on any atom is 0.307 e. The largest absolute Gasteiger partial charge is 0.481 e. The highest BCUT2D eigenvalue weighted by Crippen LogP contribution is 2.15. The van der Waals surface area contributed by atoms with E-state index in [4.69, 9.17) is 14.4 Å². The first-order chi connectivity index (χ1) is 11.3. The summed E-state index contributed by atoms with van der Waals surface area (Å²) in [4.78, 5) is 21.8. The van der Waals surface area contributed by atoms with E-state index in [1.54, 1.807) is 0 Å². The lowest BCUT2D eigenvalue weighted by molar-refractivity contribution is -0.149. The number of carbonyl (C=O) groups excluding carboxylic acids is 1. The third-order valence-electron chi connectivity index (χ3n) is 3.68. The summed E-state index contributed by atoms with van der Waals surface area (Å²) in [5.74, 6) is -2.11. The second-order valence-electron chi connectivity index (χ2n) is 5.95. The molecular weight excluding hydrogens is 336 g/mol. The first-order valence-electron chi connectivity index (χ1n) is 8.65. The fraction of sp³-hybridized carbons (Fsp3) is 0.875. The molecule has 0 fully saturated rings. The molecule has 0 heterocycles.